The summed E-state index contributed by atoms with van der Waals surface area (Å²) in [5.74, 6) is -0.336. The van der Waals surface area contributed by atoms with Gasteiger partial charge in [0, 0.05) is 19.0 Å². The molecule has 1 heterocycles. The van der Waals surface area contributed by atoms with Crippen LogP contribution in [0.5, 0.6) is 0 Å². The zero-order chi connectivity index (χ0) is 19.8. The SMILES string of the molecule is CC(C)NC(=O)CNC(=O)CCCCCn1c(=S)[nH]c2ccccc2c1=O. The fourth-order valence-electron chi connectivity index (χ4n) is 2.77. The lowest BCUT2D eigenvalue weighted by Gasteiger charge is -2.09. The molecule has 0 spiro atoms. The van der Waals surface area contributed by atoms with E-state index in [0.29, 0.717) is 29.5 Å². The molecule has 0 aliphatic heterocycles. The number of H-pyrrole nitrogens is 1. The molecule has 2 amide bonds. The molecule has 0 atom stereocenters. The molecule has 1 aromatic heterocycles. The minimum atomic E-state index is -0.191. The first kappa shape index (κ1) is 20.8. The number of carbonyl (C=O) groups excluding carboxylic acids is 2. The predicted molar refractivity (Wildman–Crippen MR) is 108 cm³/mol. The molecule has 0 bridgehead atoms. The van der Waals surface area contributed by atoms with E-state index in [4.69, 9.17) is 12.2 Å². The highest BCUT2D eigenvalue weighted by Gasteiger charge is 2.07. The Morgan fingerprint density at radius 1 is 1.15 bits per heavy atom. The van der Waals surface area contributed by atoms with E-state index in [1.54, 1.807) is 10.6 Å². The van der Waals surface area contributed by atoms with Crippen molar-refractivity contribution in [2.75, 3.05) is 6.54 Å². The van der Waals surface area contributed by atoms with Crippen LogP contribution < -0.4 is 16.2 Å². The van der Waals surface area contributed by atoms with Crippen molar-refractivity contribution in [3.05, 3.63) is 39.4 Å². The molecule has 2 rings (SSSR count). The maximum absolute atomic E-state index is 12.5. The second-order valence-corrected chi connectivity index (χ2v) is 7.13. The van der Waals surface area contributed by atoms with Gasteiger partial charge in [-0.05, 0) is 51.0 Å². The summed E-state index contributed by atoms with van der Waals surface area (Å²) >= 11 is 5.28. The predicted octanol–water partition coefficient (Wildman–Crippen LogP) is 2.26. The van der Waals surface area contributed by atoms with Gasteiger partial charge in [-0.3, -0.25) is 19.0 Å². The maximum Gasteiger partial charge on any atom is 0.262 e. The van der Waals surface area contributed by atoms with Crippen molar-refractivity contribution in [3.8, 4) is 0 Å². The van der Waals surface area contributed by atoms with Gasteiger partial charge in [0.25, 0.3) is 5.56 Å². The highest BCUT2D eigenvalue weighted by atomic mass is 32.1. The first-order chi connectivity index (χ1) is 12.9. The summed E-state index contributed by atoms with van der Waals surface area (Å²) in [5, 5.41) is 5.94. The molecule has 7 nitrogen and oxygen atoms in total. The van der Waals surface area contributed by atoms with Crippen molar-refractivity contribution in [2.45, 2.75) is 52.1 Å². The van der Waals surface area contributed by atoms with Crippen LogP contribution in [0, 0.1) is 4.77 Å². The van der Waals surface area contributed by atoms with Gasteiger partial charge in [-0.25, -0.2) is 0 Å². The number of nitrogens with zero attached hydrogens (tertiary/aromatic N) is 1. The monoisotopic (exact) mass is 390 g/mol. The molecular weight excluding hydrogens is 364 g/mol. The van der Waals surface area contributed by atoms with Gasteiger partial charge in [0.15, 0.2) is 4.77 Å². The molecule has 0 unspecified atom stereocenters. The first-order valence-electron chi connectivity index (χ1n) is 9.16. The molecule has 0 saturated heterocycles. The minimum absolute atomic E-state index is 0.00135. The molecular formula is C19H26N4O3S. The second-order valence-electron chi connectivity index (χ2n) is 6.74. The lowest BCUT2D eigenvalue weighted by atomic mass is 10.2. The van der Waals surface area contributed by atoms with Gasteiger partial charge >= 0.3 is 0 Å². The average Bonchev–Trinajstić information content (AvgIpc) is 2.61. The molecule has 0 fully saturated rings. The number of hydrogen-bond acceptors (Lipinski definition) is 4. The van der Waals surface area contributed by atoms with Crippen LogP contribution in [-0.2, 0) is 16.1 Å². The van der Waals surface area contributed by atoms with Crippen molar-refractivity contribution in [1.82, 2.24) is 20.2 Å². The topological polar surface area (TPSA) is 96.0 Å². The number of carbonyl (C=O) groups is 2. The number of para-hydroxylation sites is 1. The highest BCUT2D eigenvalue weighted by Crippen LogP contribution is 2.07. The fraction of sp³-hybridized carbons (Fsp3) is 0.474. The van der Waals surface area contributed by atoms with Crippen LogP contribution in [0.4, 0.5) is 0 Å². The van der Waals surface area contributed by atoms with Crippen LogP contribution in [0.2, 0.25) is 0 Å². The molecule has 0 aliphatic carbocycles. The lowest BCUT2D eigenvalue weighted by molar-refractivity contribution is -0.126. The highest BCUT2D eigenvalue weighted by molar-refractivity contribution is 7.71. The van der Waals surface area contributed by atoms with Crippen LogP contribution >= 0.6 is 12.2 Å². The van der Waals surface area contributed by atoms with E-state index in [-0.39, 0.29) is 30.0 Å². The second kappa shape index (κ2) is 10.0. The standard InChI is InChI=1S/C19H26N4O3S/c1-13(2)21-17(25)12-20-16(24)10-4-3-7-11-23-18(26)14-8-5-6-9-15(14)22-19(23)27/h5-6,8-9,13H,3-4,7,10-12H2,1-2H3,(H,20,24)(H,21,25)(H,22,27). The summed E-state index contributed by atoms with van der Waals surface area (Å²) in [6, 6.07) is 7.34. The molecule has 1 aromatic carbocycles. The number of aromatic amines is 1. The van der Waals surface area contributed by atoms with Crippen LogP contribution in [0.3, 0.4) is 0 Å². The van der Waals surface area contributed by atoms with Crippen LogP contribution in [0.25, 0.3) is 10.9 Å². The van der Waals surface area contributed by atoms with Crippen molar-refractivity contribution in [1.29, 1.82) is 0 Å². The summed E-state index contributed by atoms with van der Waals surface area (Å²) in [6.07, 6.45) is 2.58. The molecule has 8 heteroatoms. The number of hydrogen-bond donors (Lipinski definition) is 3. The van der Waals surface area contributed by atoms with Crippen molar-refractivity contribution >= 4 is 34.9 Å². The zero-order valence-electron chi connectivity index (χ0n) is 15.7. The van der Waals surface area contributed by atoms with Crippen molar-refractivity contribution in [3.63, 3.8) is 0 Å². The normalized spacial score (nSPS) is 10.9. The van der Waals surface area contributed by atoms with E-state index in [2.05, 4.69) is 15.6 Å². The summed E-state index contributed by atoms with van der Waals surface area (Å²) in [6.45, 7) is 4.25. The number of unbranched alkanes of at least 4 members (excludes halogenated alkanes) is 2. The minimum Gasteiger partial charge on any atom is -0.352 e. The van der Waals surface area contributed by atoms with E-state index < -0.39 is 0 Å². The number of rotatable bonds is 9. The van der Waals surface area contributed by atoms with Gasteiger partial charge in [0.1, 0.15) is 0 Å². The van der Waals surface area contributed by atoms with Crippen LogP contribution in [-0.4, -0.2) is 34.0 Å². The number of aromatic nitrogens is 2. The zero-order valence-corrected chi connectivity index (χ0v) is 16.5. The summed E-state index contributed by atoms with van der Waals surface area (Å²) in [5.41, 5.74) is 0.644. The molecule has 27 heavy (non-hydrogen) atoms. The van der Waals surface area contributed by atoms with Gasteiger partial charge in [-0.15, -0.1) is 0 Å². The molecule has 0 radical (unpaired) electrons. The van der Waals surface area contributed by atoms with Gasteiger partial charge in [-0.1, -0.05) is 18.6 Å². The Kier molecular flexibility index (Phi) is 7.72. The lowest BCUT2D eigenvalue weighted by Crippen LogP contribution is -2.39. The average molecular weight is 391 g/mol. The summed E-state index contributed by atoms with van der Waals surface area (Å²) in [7, 11) is 0. The smallest absolute Gasteiger partial charge is 0.262 e. The van der Waals surface area contributed by atoms with E-state index in [0.717, 1.165) is 18.4 Å². The van der Waals surface area contributed by atoms with Crippen molar-refractivity contribution < 1.29 is 9.59 Å². The number of nitrogens with one attached hydrogen (secondary N) is 3. The fourth-order valence-corrected chi connectivity index (χ4v) is 3.06. The van der Waals surface area contributed by atoms with Crippen molar-refractivity contribution in [2.24, 2.45) is 0 Å². The summed E-state index contributed by atoms with van der Waals surface area (Å²) in [4.78, 5) is 38.8. The first-order valence-corrected chi connectivity index (χ1v) is 9.57. The number of fused-ring (bicyclic) bond motifs is 1. The van der Waals surface area contributed by atoms with E-state index >= 15 is 0 Å². The Labute approximate surface area is 163 Å². The molecule has 0 saturated carbocycles. The Balaban J connectivity index is 1.75. The Hall–Kier alpha value is -2.48. The molecule has 3 N–H and O–H groups in total. The maximum atomic E-state index is 12.5. The molecule has 0 aliphatic rings. The largest absolute Gasteiger partial charge is 0.352 e. The Bertz CT molecular complexity index is 917. The van der Waals surface area contributed by atoms with Gasteiger partial charge in [-0.2, -0.15) is 0 Å². The molecule has 146 valence electrons. The molecule has 2 aromatic rings. The van der Waals surface area contributed by atoms with E-state index in [1.165, 1.54) is 0 Å². The third-order valence-electron chi connectivity index (χ3n) is 4.07. The van der Waals surface area contributed by atoms with E-state index in [1.807, 2.05) is 32.0 Å². The number of amides is 2. The van der Waals surface area contributed by atoms with E-state index in [9.17, 15) is 14.4 Å². The van der Waals surface area contributed by atoms with Gasteiger partial charge < -0.3 is 15.6 Å². The van der Waals surface area contributed by atoms with Gasteiger partial charge in [0.05, 0.1) is 17.4 Å². The Morgan fingerprint density at radius 2 is 1.89 bits per heavy atom. The quantitative estimate of drug-likeness (QED) is 0.452. The van der Waals surface area contributed by atoms with Gasteiger partial charge in [0.2, 0.25) is 11.8 Å². The summed E-state index contributed by atoms with van der Waals surface area (Å²) < 4.78 is 1.97. The number of benzene rings is 1. The Morgan fingerprint density at radius 3 is 2.63 bits per heavy atom. The third-order valence-corrected chi connectivity index (χ3v) is 4.39. The third kappa shape index (κ3) is 6.32. The van der Waals surface area contributed by atoms with Crippen LogP contribution in [0.15, 0.2) is 29.1 Å². The van der Waals surface area contributed by atoms with Crippen LogP contribution in [0.1, 0.15) is 39.5 Å².